The lowest BCUT2D eigenvalue weighted by Crippen LogP contribution is -2.41. The highest BCUT2D eigenvalue weighted by atomic mass is 16.2. The van der Waals surface area contributed by atoms with Gasteiger partial charge in [-0.1, -0.05) is 13.8 Å². The van der Waals surface area contributed by atoms with Gasteiger partial charge in [0.1, 0.15) is 0 Å². The van der Waals surface area contributed by atoms with Gasteiger partial charge in [0.25, 0.3) is 0 Å². The Kier molecular flexibility index (Phi) is 5.52. The normalized spacial score (nSPS) is 10.9. The van der Waals surface area contributed by atoms with E-state index in [0.29, 0.717) is 30.8 Å². The Morgan fingerprint density at radius 1 is 1.05 bits per heavy atom. The lowest BCUT2D eigenvalue weighted by atomic mass is 9.81. The van der Waals surface area contributed by atoms with Crippen molar-refractivity contribution in [3.05, 3.63) is 24.3 Å². The van der Waals surface area contributed by atoms with E-state index in [-0.39, 0.29) is 5.91 Å². The average Bonchev–Trinajstić information content (AvgIpc) is 2.43. The second kappa shape index (κ2) is 6.91. The fourth-order valence-electron chi connectivity index (χ4n) is 2.00. The third-order valence-electron chi connectivity index (χ3n) is 3.64. The Labute approximate surface area is 118 Å². The standard InChI is InChI=1S/C14H22N4O2/c1-3-14(4-2,9-15)12(19)17-10-5-7-11(8-6-10)18-13(16)20/h5-8H,3-4,9,15H2,1-2H3,(H,17,19)(H3,16,18,20). The fraction of sp³-hybridized carbons (Fsp3) is 0.429. The van der Waals surface area contributed by atoms with Crippen molar-refractivity contribution in [2.24, 2.45) is 16.9 Å². The minimum absolute atomic E-state index is 0.0828. The molecule has 1 rings (SSSR count). The summed E-state index contributed by atoms with van der Waals surface area (Å²) in [4.78, 5) is 23.0. The molecule has 0 fully saturated rings. The molecule has 0 unspecified atom stereocenters. The number of rotatable bonds is 6. The summed E-state index contributed by atoms with van der Waals surface area (Å²) in [5.41, 5.74) is 11.5. The van der Waals surface area contributed by atoms with Crippen LogP contribution in [0.3, 0.4) is 0 Å². The van der Waals surface area contributed by atoms with Gasteiger partial charge in [-0.3, -0.25) is 4.79 Å². The summed E-state index contributed by atoms with van der Waals surface area (Å²) in [6.07, 6.45) is 1.38. The van der Waals surface area contributed by atoms with Crippen molar-refractivity contribution in [1.82, 2.24) is 0 Å². The van der Waals surface area contributed by atoms with Crippen LogP contribution in [0.25, 0.3) is 0 Å². The highest BCUT2D eigenvalue weighted by Gasteiger charge is 2.33. The van der Waals surface area contributed by atoms with Gasteiger partial charge in [0.15, 0.2) is 0 Å². The molecule has 6 nitrogen and oxygen atoms in total. The van der Waals surface area contributed by atoms with E-state index in [9.17, 15) is 9.59 Å². The van der Waals surface area contributed by atoms with Crippen molar-refractivity contribution in [2.45, 2.75) is 26.7 Å². The van der Waals surface area contributed by atoms with E-state index in [2.05, 4.69) is 10.6 Å². The minimum atomic E-state index is -0.624. The smallest absolute Gasteiger partial charge is 0.316 e. The van der Waals surface area contributed by atoms with Crippen LogP contribution in [0.4, 0.5) is 16.2 Å². The quantitative estimate of drug-likeness (QED) is 0.637. The number of anilines is 2. The van der Waals surface area contributed by atoms with Crippen LogP contribution in [0.5, 0.6) is 0 Å². The number of carbonyl (C=O) groups is 2. The first kappa shape index (κ1) is 16.0. The molecule has 0 spiro atoms. The van der Waals surface area contributed by atoms with Crippen LogP contribution >= 0.6 is 0 Å². The molecule has 0 aliphatic heterocycles. The molecule has 0 aromatic heterocycles. The van der Waals surface area contributed by atoms with Crippen LogP contribution in [-0.2, 0) is 4.79 Å². The van der Waals surface area contributed by atoms with Gasteiger partial charge in [0, 0.05) is 17.9 Å². The number of urea groups is 1. The zero-order chi connectivity index (χ0) is 15.2. The second-order valence-electron chi connectivity index (χ2n) is 4.71. The number of hydrogen-bond acceptors (Lipinski definition) is 3. The molecule has 1 aromatic rings. The molecule has 3 amide bonds. The van der Waals surface area contributed by atoms with Gasteiger partial charge < -0.3 is 22.1 Å². The molecule has 0 aliphatic carbocycles. The monoisotopic (exact) mass is 278 g/mol. The molecule has 0 saturated heterocycles. The highest BCUT2D eigenvalue weighted by Crippen LogP contribution is 2.27. The maximum absolute atomic E-state index is 12.3. The van der Waals surface area contributed by atoms with E-state index in [0.717, 1.165) is 0 Å². The lowest BCUT2D eigenvalue weighted by molar-refractivity contribution is -0.125. The summed E-state index contributed by atoms with van der Waals surface area (Å²) in [5, 5.41) is 5.31. The van der Waals surface area contributed by atoms with E-state index >= 15 is 0 Å². The second-order valence-corrected chi connectivity index (χ2v) is 4.71. The fourth-order valence-corrected chi connectivity index (χ4v) is 2.00. The number of benzene rings is 1. The molecule has 0 aliphatic rings. The topological polar surface area (TPSA) is 110 Å². The maximum atomic E-state index is 12.3. The minimum Gasteiger partial charge on any atom is -0.351 e. The SMILES string of the molecule is CCC(CC)(CN)C(=O)Nc1ccc(NC(N)=O)cc1. The zero-order valence-electron chi connectivity index (χ0n) is 11.9. The summed E-state index contributed by atoms with van der Waals surface area (Å²) < 4.78 is 0. The van der Waals surface area contributed by atoms with E-state index in [4.69, 9.17) is 11.5 Å². The van der Waals surface area contributed by atoms with Crippen molar-refractivity contribution >= 4 is 23.3 Å². The van der Waals surface area contributed by atoms with Crippen molar-refractivity contribution in [3.8, 4) is 0 Å². The van der Waals surface area contributed by atoms with Gasteiger partial charge in [-0.15, -0.1) is 0 Å². The van der Waals surface area contributed by atoms with Gasteiger partial charge in [0.2, 0.25) is 5.91 Å². The van der Waals surface area contributed by atoms with Crippen molar-refractivity contribution in [1.29, 1.82) is 0 Å². The molecule has 20 heavy (non-hydrogen) atoms. The van der Waals surface area contributed by atoms with Crippen molar-refractivity contribution < 1.29 is 9.59 Å². The van der Waals surface area contributed by atoms with Crippen LogP contribution in [-0.4, -0.2) is 18.5 Å². The van der Waals surface area contributed by atoms with Crippen LogP contribution in [0.1, 0.15) is 26.7 Å². The third-order valence-corrected chi connectivity index (χ3v) is 3.64. The molecule has 1 aromatic carbocycles. The molecular weight excluding hydrogens is 256 g/mol. The molecule has 6 heteroatoms. The first-order chi connectivity index (χ1) is 9.47. The lowest BCUT2D eigenvalue weighted by Gasteiger charge is -2.28. The number of primary amides is 1. The van der Waals surface area contributed by atoms with Crippen LogP contribution < -0.4 is 22.1 Å². The number of hydrogen-bond donors (Lipinski definition) is 4. The molecule has 0 heterocycles. The first-order valence-corrected chi connectivity index (χ1v) is 6.65. The van der Waals surface area contributed by atoms with Crippen LogP contribution in [0.15, 0.2) is 24.3 Å². The molecule has 0 radical (unpaired) electrons. The summed E-state index contributed by atoms with van der Waals surface area (Å²) in [6.45, 7) is 4.22. The highest BCUT2D eigenvalue weighted by molar-refractivity contribution is 5.96. The number of nitrogens with one attached hydrogen (secondary N) is 2. The predicted octanol–water partition coefficient (Wildman–Crippen LogP) is 1.88. The van der Waals surface area contributed by atoms with Gasteiger partial charge in [-0.05, 0) is 37.1 Å². The summed E-state index contributed by atoms with van der Waals surface area (Å²) in [5.74, 6) is -0.0828. The number of carbonyl (C=O) groups excluding carboxylic acids is 2. The van der Waals surface area contributed by atoms with Crippen LogP contribution in [0, 0.1) is 5.41 Å². The molecular formula is C14H22N4O2. The third kappa shape index (κ3) is 3.71. The predicted molar refractivity (Wildman–Crippen MR) is 80.3 cm³/mol. The summed E-state index contributed by atoms with van der Waals surface area (Å²) in [6, 6.07) is 6.12. The molecule has 0 saturated carbocycles. The largest absolute Gasteiger partial charge is 0.351 e. The van der Waals surface area contributed by atoms with E-state index in [1.807, 2.05) is 13.8 Å². The van der Waals surface area contributed by atoms with Gasteiger partial charge in [0.05, 0.1) is 5.41 Å². The van der Waals surface area contributed by atoms with Crippen molar-refractivity contribution in [3.63, 3.8) is 0 Å². The Hall–Kier alpha value is -2.08. The molecule has 110 valence electrons. The van der Waals surface area contributed by atoms with Crippen molar-refractivity contribution in [2.75, 3.05) is 17.2 Å². The van der Waals surface area contributed by atoms with Crippen LogP contribution in [0.2, 0.25) is 0 Å². The Morgan fingerprint density at radius 3 is 1.85 bits per heavy atom. The van der Waals surface area contributed by atoms with Gasteiger partial charge in [-0.25, -0.2) is 4.79 Å². The zero-order valence-corrected chi connectivity index (χ0v) is 11.9. The first-order valence-electron chi connectivity index (χ1n) is 6.65. The number of amides is 3. The number of nitrogens with two attached hydrogens (primary N) is 2. The summed E-state index contributed by atoms with van der Waals surface area (Å²) in [7, 11) is 0. The Balaban J connectivity index is 2.78. The molecule has 0 bridgehead atoms. The Bertz CT molecular complexity index is 458. The van der Waals surface area contributed by atoms with E-state index in [1.165, 1.54) is 0 Å². The Morgan fingerprint density at radius 2 is 1.50 bits per heavy atom. The average molecular weight is 278 g/mol. The summed E-state index contributed by atoms with van der Waals surface area (Å²) >= 11 is 0. The van der Waals surface area contributed by atoms with E-state index in [1.54, 1.807) is 24.3 Å². The molecule has 0 atom stereocenters. The van der Waals surface area contributed by atoms with Gasteiger partial charge >= 0.3 is 6.03 Å². The maximum Gasteiger partial charge on any atom is 0.316 e. The van der Waals surface area contributed by atoms with Gasteiger partial charge in [-0.2, -0.15) is 0 Å². The van der Waals surface area contributed by atoms with E-state index < -0.39 is 11.4 Å². The molecule has 6 N–H and O–H groups in total.